The molecule has 5 heteroatoms. The number of fused-ring (bicyclic) bond motifs is 3. The molecule has 0 spiro atoms. The lowest BCUT2D eigenvalue weighted by Crippen LogP contribution is -2.31. The first-order valence-electron chi connectivity index (χ1n) is 7.69. The van der Waals surface area contributed by atoms with Gasteiger partial charge in [-0.05, 0) is 22.8 Å². The molecule has 1 aliphatic carbocycles. The molecule has 3 aliphatic heterocycles. The molecule has 5 nitrogen and oxygen atoms in total. The number of hydrogen-bond acceptors (Lipinski definition) is 5. The zero-order chi connectivity index (χ0) is 15.6. The van der Waals surface area contributed by atoms with Gasteiger partial charge in [-0.1, -0.05) is 24.3 Å². The van der Waals surface area contributed by atoms with Gasteiger partial charge in [-0.3, -0.25) is 9.59 Å². The number of benzene rings is 1. The van der Waals surface area contributed by atoms with E-state index in [2.05, 4.69) is 23.5 Å². The maximum Gasteiger partial charge on any atom is 0.310 e. The topological polar surface area (TPSA) is 58.6 Å². The van der Waals surface area contributed by atoms with Crippen molar-refractivity contribution < 1.29 is 14.3 Å². The Balaban J connectivity index is 1.55. The summed E-state index contributed by atoms with van der Waals surface area (Å²) in [5, 5.41) is 3.37. The highest BCUT2D eigenvalue weighted by molar-refractivity contribution is 6.12. The molecule has 1 aromatic carbocycles. The summed E-state index contributed by atoms with van der Waals surface area (Å²) in [6.45, 7) is 0.787. The van der Waals surface area contributed by atoms with Gasteiger partial charge in [0, 0.05) is 17.7 Å². The summed E-state index contributed by atoms with van der Waals surface area (Å²) in [4.78, 5) is 26.4. The number of nitrogens with one attached hydrogen (secondary N) is 1. The van der Waals surface area contributed by atoms with Crippen molar-refractivity contribution >= 4 is 17.8 Å². The predicted octanol–water partition coefficient (Wildman–Crippen LogP) is 1.83. The third-order valence-corrected chi connectivity index (χ3v) is 4.84. The van der Waals surface area contributed by atoms with Crippen molar-refractivity contribution in [1.82, 2.24) is 10.2 Å². The molecule has 0 unspecified atom stereocenters. The minimum Gasteiger partial charge on any atom is -0.460 e. The minimum absolute atomic E-state index is 0.0102. The van der Waals surface area contributed by atoms with Crippen LogP contribution in [0.2, 0.25) is 0 Å². The van der Waals surface area contributed by atoms with Crippen LogP contribution in [0.1, 0.15) is 24.0 Å². The maximum absolute atomic E-state index is 12.9. The van der Waals surface area contributed by atoms with Crippen molar-refractivity contribution in [3.05, 3.63) is 63.8 Å². The van der Waals surface area contributed by atoms with Gasteiger partial charge < -0.3 is 15.0 Å². The second-order valence-corrected chi connectivity index (χ2v) is 6.19. The molecule has 0 aromatic heterocycles. The number of ether oxygens (including phenoxy) is 1. The number of cyclic esters (lactones) is 1. The molecule has 1 N–H and O–H groups in total. The Morgan fingerprint density at radius 3 is 2.91 bits per heavy atom. The first-order valence-corrected chi connectivity index (χ1v) is 7.69. The molecule has 0 fully saturated rings. The molecular weight excluding hydrogens is 292 g/mol. The Kier molecular flexibility index (Phi) is 2.40. The standard InChI is InChI=1S/C18H14N2O3/c21-16-7-12-5-14-17(18(22)13(12)9-23-16)20-8-11-4-2-1-3-10(11)6-15(20)19-14/h1-4,6,19H,5,7-9H2. The van der Waals surface area contributed by atoms with Gasteiger partial charge in [0.1, 0.15) is 18.1 Å². The lowest BCUT2D eigenvalue weighted by molar-refractivity contribution is -0.143. The van der Waals surface area contributed by atoms with Crippen molar-refractivity contribution in [3.63, 3.8) is 0 Å². The van der Waals surface area contributed by atoms with Crippen molar-refractivity contribution in [2.75, 3.05) is 6.61 Å². The molecule has 5 rings (SSSR count). The number of esters is 1. The lowest BCUT2D eigenvalue weighted by Gasteiger charge is -2.29. The van der Waals surface area contributed by atoms with Crippen molar-refractivity contribution in [3.8, 4) is 0 Å². The van der Waals surface area contributed by atoms with Crippen LogP contribution in [0.5, 0.6) is 0 Å². The van der Waals surface area contributed by atoms with Crippen molar-refractivity contribution in [1.29, 1.82) is 0 Å². The molecule has 0 radical (unpaired) electrons. The maximum atomic E-state index is 12.9. The largest absolute Gasteiger partial charge is 0.460 e. The third kappa shape index (κ3) is 1.73. The zero-order valence-corrected chi connectivity index (χ0v) is 12.4. The SMILES string of the molecule is O=C1CC2=C(CO1)C(=O)C1=C(C2)NC2=Cc3ccccc3CN21. The van der Waals surface area contributed by atoms with Crippen LogP contribution in [-0.4, -0.2) is 23.3 Å². The fourth-order valence-corrected chi connectivity index (χ4v) is 3.71. The minimum atomic E-state index is -0.247. The number of carbonyl (C=O) groups is 2. The number of hydrogen-bond donors (Lipinski definition) is 1. The Labute approximate surface area is 132 Å². The van der Waals surface area contributed by atoms with E-state index in [1.54, 1.807) is 0 Å². The molecule has 23 heavy (non-hydrogen) atoms. The second-order valence-electron chi connectivity index (χ2n) is 6.19. The van der Waals surface area contributed by atoms with Gasteiger partial charge in [0.05, 0.1) is 13.0 Å². The summed E-state index contributed by atoms with van der Waals surface area (Å²) in [6.07, 6.45) is 2.92. The molecule has 0 atom stereocenters. The van der Waals surface area contributed by atoms with Gasteiger partial charge in [0.15, 0.2) is 0 Å². The van der Waals surface area contributed by atoms with E-state index in [0.29, 0.717) is 24.2 Å². The molecule has 1 aromatic rings. The highest BCUT2D eigenvalue weighted by Gasteiger charge is 2.40. The van der Waals surface area contributed by atoms with E-state index in [9.17, 15) is 9.59 Å². The van der Waals surface area contributed by atoms with Crippen LogP contribution in [0.25, 0.3) is 6.08 Å². The van der Waals surface area contributed by atoms with Gasteiger partial charge in [0.2, 0.25) is 5.78 Å². The van der Waals surface area contributed by atoms with Crippen LogP contribution in [0, 0.1) is 0 Å². The highest BCUT2D eigenvalue weighted by Crippen LogP contribution is 2.40. The normalized spacial score (nSPS) is 21.9. The molecule has 4 aliphatic rings. The summed E-state index contributed by atoms with van der Waals surface area (Å²) >= 11 is 0. The van der Waals surface area contributed by atoms with E-state index in [4.69, 9.17) is 4.74 Å². The third-order valence-electron chi connectivity index (χ3n) is 4.84. The Morgan fingerprint density at radius 1 is 1.13 bits per heavy atom. The second kappa shape index (κ2) is 4.35. The van der Waals surface area contributed by atoms with E-state index >= 15 is 0 Å². The zero-order valence-electron chi connectivity index (χ0n) is 12.4. The summed E-state index contributed by atoms with van der Waals surface area (Å²) in [5.74, 6) is 0.682. The van der Waals surface area contributed by atoms with Crippen molar-refractivity contribution in [2.45, 2.75) is 19.4 Å². The molecule has 114 valence electrons. The van der Waals surface area contributed by atoms with Gasteiger partial charge in [-0.15, -0.1) is 0 Å². The van der Waals surface area contributed by atoms with Crippen LogP contribution in [0.15, 0.2) is 52.6 Å². The van der Waals surface area contributed by atoms with Crippen LogP contribution in [-0.2, 0) is 20.9 Å². The molecule has 0 saturated carbocycles. The molecule has 0 bridgehead atoms. The van der Waals surface area contributed by atoms with E-state index in [1.807, 2.05) is 17.0 Å². The quantitative estimate of drug-likeness (QED) is 0.741. The summed E-state index contributed by atoms with van der Waals surface area (Å²) in [7, 11) is 0. The molecule has 0 amide bonds. The average Bonchev–Trinajstić information content (AvgIpc) is 2.89. The lowest BCUT2D eigenvalue weighted by atomic mass is 9.88. The fraction of sp³-hybridized carbons (Fsp3) is 0.222. The average molecular weight is 306 g/mol. The predicted molar refractivity (Wildman–Crippen MR) is 82.3 cm³/mol. The van der Waals surface area contributed by atoms with Gasteiger partial charge in [0.25, 0.3) is 0 Å². The van der Waals surface area contributed by atoms with Crippen LogP contribution in [0.4, 0.5) is 0 Å². The van der Waals surface area contributed by atoms with Crippen molar-refractivity contribution in [2.24, 2.45) is 0 Å². The summed E-state index contributed by atoms with van der Waals surface area (Å²) < 4.78 is 5.06. The van der Waals surface area contributed by atoms with Gasteiger partial charge >= 0.3 is 5.97 Å². The van der Waals surface area contributed by atoms with Gasteiger partial charge in [-0.25, -0.2) is 0 Å². The van der Waals surface area contributed by atoms with Crippen LogP contribution in [0.3, 0.4) is 0 Å². The van der Waals surface area contributed by atoms with E-state index in [1.165, 1.54) is 11.1 Å². The molecule has 3 heterocycles. The van der Waals surface area contributed by atoms with Crippen LogP contribution < -0.4 is 5.32 Å². The number of Topliss-reactive ketones (excluding diaryl/α,β-unsaturated/α-hetero) is 1. The molecular formula is C18H14N2O3. The Bertz CT molecular complexity index is 876. The summed E-state index contributed by atoms with van der Waals surface area (Å²) in [5.41, 5.74) is 5.55. The smallest absolute Gasteiger partial charge is 0.310 e. The highest BCUT2D eigenvalue weighted by atomic mass is 16.5. The first-order chi connectivity index (χ1) is 11.2. The van der Waals surface area contributed by atoms with E-state index in [0.717, 1.165) is 17.1 Å². The number of nitrogens with zero attached hydrogens (tertiary/aromatic N) is 1. The molecule has 0 saturated heterocycles. The Hall–Kier alpha value is -2.82. The number of ketones is 1. The number of allylic oxidation sites excluding steroid dienone is 2. The summed E-state index contributed by atoms with van der Waals surface area (Å²) in [6, 6.07) is 8.19. The van der Waals surface area contributed by atoms with E-state index < -0.39 is 0 Å². The monoisotopic (exact) mass is 306 g/mol. The van der Waals surface area contributed by atoms with E-state index in [-0.39, 0.29) is 24.8 Å². The van der Waals surface area contributed by atoms with Crippen LogP contribution >= 0.6 is 0 Å². The Morgan fingerprint density at radius 2 is 2.00 bits per heavy atom. The number of rotatable bonds is 0. The fourth-order valence-electron chi connectivity index (χ4n) is 3.71. The van der Waals surface area contributed by atoms with Gasteiger partial charge in [-0.2, -0.15) is 0 Å². The number of carbonyl (C=O) groups excluding carboxylic acids is 2. The first kappa shape index (κ1) is 12.7.